The zero-order valence-corrected chi connectivity index (χ0v) is 14.5. The summed E-state index contributed by atoms with van der Waals surface area (Å²) in [5.41, 5.74) is 4.89. The number of rotatable bonds is 4. The van der Waals surface area contributed by atoms with Gasteiger partial charge in [0.1, 0.15) is 5.69 Å². The van der Waals surface area contributed by atoms with Gasteiger partial charge in [0.2, 0.25) is 0 Å². The minimum atomic E-state index is -0.215. The van der Waals surface area contributed by atoms with Gasteiger partial charge in [0.15, 0.2) is 6.23 Å². The van der Waals surface area contributed by atoms with Crippen LogP contribution < -0.4 is 4.90 Å². The molecule has 0 bridgehead atoms. The smallest absolute Gasteiger partial charge is 0.177 e. The van der Waals surface area contributed by atoms with Gasteiger partial charge in [-0.25, -0.2) is 4.68 Å². The predicted octanol–water partition coefficient (Wildman–Crippen LogP) is 3.04. The van der Waals surface area contributed by atoms with Crippen LogP contribution in [0.15, 0.2) is 54.7 Å². The maximum Gasteiger partial charge on any atom is 0.177 e. The number of nitriles is 1. The van der Waals surface area contributed by atoms with Crippen LogP contribution in [-0.2, 0) is 11.3 Å². The lowest BCUT2D eigenvalue weighted by atomic mass is 10.1. The molecule has 0 aliphatic carbocycles. The number of ether oxygens (including phenoxy) is 1. The molecule has 0 radical (unpaired) electrons. The lowest BCUT2D eigenvalue weighted by Crippen LogP contribution is -2.23. The third-order valence-electron chi connectivity index (χ3n) is 4.49. The van der Waals surface area contributed by atoms with Gasteiger partial charge in [-0.1, -0.05) is 35.0 Å². The Labute approximate surface area is 152 Å². The molecule has 1 aromatic heterocycles. The summed E-state index contributed by atoms with van der Waals surface area (Å²) >= 11 is 0. The van der Waals surface area contributed by atoms with E-state index in [4.69, 9.17) is 10.00 Å². The van der Waals surface area contributed by atoms with Gasteiger partial charge < -0.3 is 9.64 Å². The molecule has 26 heavy (non-hydrogen) atoms. The van der Waals surface area contributed by atoms with E-state index in [1.165, 1.54) is 5.56 Å². The first-order chi connectivity index (χ1) is 12.7. The summed E-state index contributed by atoms with van der Waals surface area (Å²) in [5, 5.41) is 17.4. The standard InChI is InChI=1S/C20H19N5O/c1-15-2-8-18(9-3-15)25-10-11-26-20(25)19-14-24(23-22-19)13-17-6-4-16(12-21)5-7-17/h2-9,14,20H,10-11,13H2,1H3/t20-/m0/s1. The number of nitrogens with zero attached hydrogens (tertiary/aromatic N) is 5. The Morgan fingerprint density at radius 2 is 1.92 bits per heavy atom. The van der Waals surface area contributed by atoms with Gasteiger partial charge in [0.05, 0.1) is 31.0 Å². The van der Waals surface area contributed by atoms with E-state index in [0.29, 0.717) is 18.7 Å². The quantitative estimate of drug-likeness (QED) is 0.727. The van der Waals surface area contributed by atoms with E-state index < -0.39 is 0 Å². The highest BCUT2D eigenvalue weighted by atomic mass is 16.5. The molecule has 6 nitrogen and oxygen atoms in total. The molecule has 1 saturated heterocycles. The van der Waals surface area contributed by atoms with Gasteiger partial charge in [-0.05, 0) is 36.8 Å². The van der Waals surface area contributed by atoms with E-state index in [9.17, 15) is 0 Å². The van der Waals surface area contributed by atoms with Crippen molar-refractivity contribution in [3.8, 4) is 6.07 Å². The van der Waals surface area contributed by atoms with Gasteiger partial charge in [-0.3, -0.25) is 0 Å². The first kappa shape index (κ1) is 16.3. The van der Waals surface area contributed by atoms with E-state index in [1.54, 1.807) is 4.68 Å². The highest BCUT2D eigenvalue weighted by Gasteiger charge is 2.29. The minimum Gasteiger partial charge on any atom is -0.350 e. The molecule has 130 valence electrons. The van der Waals surface area contributed by atoms with Gasteiger partial charge in [0.25, 0.3) is 0 Å². The molecule has 0 N–H and O–H groups in total. The number of anilines is 1. The summed E-state index contributed by atoms with van der Waals surface area (Å²) in [6.45, 7) is 4.18. The molecule has 6 heteroatoms. The van der Waals surface area contributed by atoms with Crippen molar-refractivity contribution < 1.29 is 4.74 Å². The summed E-state index contributed by atoms with van der Waals surface area (Å²) < 4.78 is 7.70. The topological polar surface area (TPSA) is 67.0 Å². The second kappa shape index (κ2) is 6.98. The summed E-state index contributed by atoms with van der Waals surface area (Å²) in [7, 11) is 0. The summed E-state index contributed by atoms with van der Waals surface area (Å²) in [6, 6.07) is 18.0. The average Bonchev–Trinajstić information content (AvgIpc) is 3.32. The SMILES string of the molecule is Cc1ccc(N2CCO[C@H]2c2cn(Cc3ccc(C#N)cc3)nn2)cc1. The Morgan fingerprint density at radius 3 is 2.65 bits per heavy atom. The summed E-state index contributed by atoms with van der Waals surface area (Å²) in [4.78, 5) is 2.20. The largest absolute Gasteiger partial charge is 0.350 e. The van der Waals surface area contributed by atoms with E-state index in [1.807, 2.05) is 30.5 Å². The molecule has 0 spiro atoms. The van der Waals surface area contributed by atoms with Crippen LogP contribution in [0.3, 0.4) is 0 Å². The van der Waals surface area contributed by atoms with Gasteiger partial charge in [-0.15, -0.1) is 5.10 Å². The molecule has 1 fully saturated rings. The van der Waals surface area contributed by atoms with Crippen molar-refractivity contribution >= 4 is 5.69 Å². The summed E-state index contributed by atoms with van der Waals surface area (Å²) in [6.07, 6.45) is 1.71. The maximum atomic E-state index is 8.88. The third-order valence-corrected chi connectivity index (χ3v) is 4.49. The molecule has 0 unspecified atom stereocenters. The Balaban J connectivity index is 1.51. The number of benzene rings is 2. The zero-order valence-electron chi connectivity index (χ0n) is 14.5. The van der Waals surface area contributed by atoms with Crippen LogP contribution in [-0.4, -0.2) is 28.1 Å². The zero-order chi connectivity index (χ0) is 17.9. The molecule has 1 aliphatic rings. The average molecular weight is 345 g/mol. The van der Waals surface area contributed by atoms with Crippen molar-refractivity contribution in [2.45, 2.75) is 19.7 Å². The molecule has 1 aliphatic heterocycles. The van der Waals surface area contributed by atoms with Crippen LogP contribution in [0.25, 0.3) is 0 Å². The molecule has 2 aromatic carbocycles. The third kappa shape index (κ3) is 3.30. The normalized spacial score (nSPS) is 16.6. The first-order valence-electron chi connectivity index (χ1n) is 8.57. The molecular formula is C20H19N5O. The second-order valence-electron chi connectivity index (χ2n) is 6.40. The van der Waals surface area contributed by atoms with E-state index in [2.05, 4.69) is 52.5 Å². The van der Waals surface area contributed by atoms with Gasteiger partial charge >= 0.3 is 0 Å². The minimum absolute atomic E-state index is 0.215. The number of aryl methyl sites for hydroxylation is 1. The highest BCUT2D eigenvalue weighted by Crippen LogP contribution is 2.31. The molecule has 2 heterocycles. The van der Waals surface area contributed by atoms with Crippen LogP contribution in [0.2, 0.25) is 0 Å². The Hall–Kier alpha value is -3.17. The van der Waals surface area contributed by atoms with Gasteiger partial charge in [-0.2, -0.15) is 5.26 Å². The van der Waals surface area contributed by atoms with Crippen molar-refractivity contribution in [3.63, 3.8) is 0 Å². The number of hydrogen-bond acceptors (Lipinski definition) is 5. The lowest BCUT2D eigenvalue weighted by Gasteiger charge is -2.23. The fourth-order valence-electron chi connectivity index (χ4n) is 3.09. The monoisotopic (exact) mass is 345 g/mol. The van der Waals surface area contributed by atoms with Crippen molar-refractivity contribution in [1.29, 1.82) is 5.26 Å². The van der Waals surface area contributed by atoms with Crippen LogP contribution >= 0.6 is 0 Å². The van der Waals surface area contributed by atoms with E-state index >= 15 is 0 Å². The van der Waals surface area contributed by atoms with Crippen molar-refractivity contribution in [1.82, 2.24) is 15.0 Å². The Morgan fingerprint density at radius 1 is 1.15 bits per heavy atom. The Bertz CT molecular complexity index is 924. The first-order valence-corrected chi connectivity index (χ1v) is 8.57. The second-order valence-corrected chi connectivity index (χ2v) is 6.40. The Kier molecular flexibility index (Phi) is 4.38. The number of hydrogen-bond donors (Lipinski definition) is 0. The van der Waals surface area contributed by atoms with Crippen molar-refractivity contribution in [3.05, 3.63) is 77.1 Å². The van der Waals surface area contributed by atoms with Crippen molar-refractivity contribution in [2.75, 3.05) is 18.1 Å². The molecule has 0 saturated carbocycles. The van der Waals surface area contributed by atoms with Crippen LogP contribution in [0.1, 0.15) is 28.6 Å². The molecule has 0 amide bonds. The van der Waals surface area contributed by atoms with E-state index in [-0.39, 0.29) is 6.23 Å². The molecule has 1 atom stereocenters. The van der Waals surface area contributed by atoms with Crippen LogP contribution in [0, 0.1) is 18.3 Å². The molecule has 3 aromatic rings. The molecular weight excluding hydrogens is 326 g/mol. The molecule has 4 rings (SSSR count). The van der Waals surface area contributed by atoms with Crippen LogP contribution in [0.4, 0.5) is 5.69 Å². The lowest BCUT2D eigenvalue weighted by molar-refractivity contribution is 0.110. The predicted molar refractivity (Wildman–Crippen MR) is 97.5 cm³/mol. The van der Waals surface area contributed by atoms with Crippen LogP contribution in [0.5, 0.6) is 0 Å². The fourth-order valence-corrected chi connectivity index (χ4v) is 3.09. The maximum absolute atomic E-state index is 8.88. The number of aromatic nitrogens is 3. The fraction of sp³-hybridized carbons (Fsp3) is 0.250. The van der Waals surface area contributed by atoms with E-state index in [0.717, 1.165) is 23.5 Å². The van der Waals surface area contributed by atoms with Gasteiger partial charge in [0, 0.05) is 12.2 Å². The summed E-state index contributed by atoms with van der Waals surface area (Å²) in [5.74, 6) is 0. The highest BCUT2D eigenvalue weighted by molar-refractivity contribution is 5.49. The van der Waals surface area contributed by atoms with Crippen molar-refractivity contribution in [2.24, 2.45) is 0 Å².